The topological polar surface area (TPSA) is 94.2 Å². The minimum atomic E-state index is -4.00. The maximum Gasteiger partial charge on any atom is 0.264 e. The highest BCUT2D eigenvalue weighted by Gasteiger charge is 2.27. The van der Waals surface area contributed by atoms with Gasteiger partial charge in [0.2, 0.25) is 11.7 Å². The summed E-state index contributed by atoms with van der Waals surface area (Å²) in [5, 5.41) is 2.78. The van der Waals surface area contributed by atoms with Crippen molar-refractivity contribution in [2.45, 2.75) is 18.4 Å². The largest absolute Gasteiger partial charge is 0.493 e. The summed E-state index contributed by atoms with van der Waals surface area (Å²) in [4.78, 5) is 13.0. The molecule has 0 saturated heterocycles. The van der Waals surface area contributed by atoms with Crippen LogP contribution in [0.2, 0.25) is 0 Å². The smallest absolute Gasteiger partial charge is 0.264 e. The van der Waals surface area contributed by atoms with Crippen LogP contribution in [-0.4, -0.2) is 42.2 Å². The molecular weight excluding hydrogens is 536 g/mol. The van der Waals surface area contributed by atoms with Crippen molar-refractivity contribution in [1.29, 1.82) is 0 Å². The van der Waals surface area contributed by atoms with E-state index in [-0.39, 0.29) is 11.4 Å². The van der Waals surface area contributed by atoms with Crippen molar-refractivity contribution in [3.8, 4) is 17.2 Å². The van der Waals surface area contributed by atoms with Gasteiger partial charge in [-0.05, 0) is 55.0 Å². The molecule has 10 heteroatoms. The molecule has 1 N–H and O–H groups in total. The predicted molar refractivity (Wildman–Crippen MR) is 138 cm³/mol. The van der Waals surface area contributed by atoms with E-state index in [1.165, 1.54) is 33.5 Å². The summed E-state index contributed by atoms with van der Waals surface area (Å²) in [6.07, 6.45) is 0. The summed E-state index contributed by atoms with van der Waals surface area (Å²) in [6.45, 7) is 1.60. The van der Waals surface area contributed by atoms with E-state index < -0.39 is 22.5 Å². The Kier molecular flexibility index (Phi) is 8.63. The van der Waals surface area contributed by atoms with Gasteiger partial charge in [0.15, 0.2) is 11.5 Å². The molecule has 0 fully saturated rings. The molecule has 0 atom stereocenters. The fraction of sp³-hybridized carbons (Fsp3) is 0.240. The second-order valence-corrected chi connectivity index (χ2v) is 10.4. The average Bonchev–Trinajstić information content (AvgIpc) is 2.85. The maximum atomic E-state index is 13.5. The fourth-order valence-electron chi connectivity index (χ4n) is 3.41. The van der Waals surface area contributed by atoms with Gasteiger partial charge in [0.05, 0.1) is 31.9 Å². The van der Waals surface area contributed by atoms with Crippen LogP contribution >= 0.6 is 15.9 Å². The molecular formula is C25H27BrN2O6S. The molecule has 35 heavy (non-hydrogen) atoms. The number of ether oxygens (including phenoxy) is 3. The third-order valence-electron chi connectivity index (χ3n) is 5.21. The molecule has 0 aliphatic carbocycles. The third-order valence-corrected chi connectivity index (χ3v) is 7.49. The van der Waals surface area contributed by atoms with Crippen molar-refractivity contribution in [3.05, 3.63) is 76.3 Å². The van der Waals surface area contributed by atoms with E-state index in [0.717, 1.165) is 9.87 Å². The first-order chi connectivity index (χ1) is 16.7. The zero-order chi connectivity index (χ0) is 25.6. The van der Waals surface area contributed by atoms with Gasteiger partial charge in [-0.25, -0.2) is 8.42 Å². The van der Waals surface area contributed by atoms with Gasteiger partial charge in [-0.3, -0.25) is 9.10 Å². The molecule has 3 aromatic carbocycles. The van der Waals surface area contributed by atoms with Crippen LogP contribution in [0.5, 0.6) is 17.2 Å². The lowest BCUT2D eigenvalue weighted by atomic mass is 10.1. The number of nitrogens with zero attached hydrogens (tertiary/aromatic N) is 1. The Bertz CT molecular complexity index is 1270. The Morgan fingerprint density at radius 1 is 0.943 bits per heavy atom. The molecule has 1 amide bonds. The summed E-state index contributed by atoms with van der Waals surface area (Å²) in [6, 6.07) is 16.7. The van der Waals surface area contributed by atoms with Crippen molar-refractivity contribution in [3.63, 3.8) is 0 Å². The Labute approximate surface area is 214 Å². The molecule has 186 valence electrons. The highest BCUT2D eigenvalue weighted by atomic mass is 79.9. The Hall–Kier alpha value is -3.24. The number of nitrogens with one attached hydrogen (secondary N) is 1. The number of amides is 1. The molecule has 0 heterocycles. The van der Waals surface area contributed by atoms with Gasteiger partial charge in [0, 0.05) is 11.0 Å². The third kappa shape index (κ3) is 6.26. The van der Waals surface area contributed by atoms with Crippen LogP contribution in [0.15, 0.2) is 70.0 Å². The van der Waals surface area contributed by atoms with Crippen molar-refractivity contribution in [1.82, 2.24) is 5.32 Å². The highest BCUT2D eigenvalue weighted by molar-refractivity contribution is 9.10. The number of hydrogen-bond donors (Lipinski definition) is 1. The van der Waals surface area contributed by atoms with Crippen LogP contribution in [0, 0.1) is 6.92 Å². The first kappa shape index (κ1) is 26.4. The number of anilines is 1. The number of aryl methyl sites for hydroxylation is 1. The normalized spacial score (nSPS) is 11.0. The zero-order valence-corrected chi connectivity index (χ0v) is 22.3. The van der Waals surface area contributed by atoms with Crippen LogP contribution in [0.1, 0.15) is 11.1 Å². The number of sulfonamides is 1. The van der Waals surface area contributed by atoms with E-state index in [4.69, 9.17) is 14.2 Å². The molecule has 8 nitrogen and oxygen atoms in total. The van der Waals surface area contributed by atoms with Gasteiger partial charge < -0.3 is 19.5 Å². The molecule has 0 radical (unpaired) electrons. The van der Waals surface area contributed by atoms with Gasteiger partial charge in [-0.1, -0.05) is 39.7 Å². The Balaban J connectivity index is 1.86. The maximum absolute atomic E-state index is 13.5. The van der Waals surface area contributed by atoms with E-state index in [2.05, 4.69) is 21.2 Å². The predicted octanol–water partition coefficient (Wildman–Crippen LogP) is 4.30. The van der Waals surface area contributed by atoms with Crippen molar-refractivity contribution in [2.24, 2.45) is 0 Å². The van der Waals surface area contributed by atoms with Crippen LogP contribution in [0.3, 0.4) is 0 Å². The number of rotatable bonds is 10. The number of benzene rings is 3. The Morgan fingerprint density at radius 3 is 2.11 bits per heavy atom. The lowest BCUT2D eigenvalue weighted by molar-refractivity contribution is -0.119. The molecule has 0 bridgehead atoms. The summed E-state index contributed by atoms with van der Waals surface area (Å²) in [5.74, 6) is 0.868. The summed E-state index contributed by atoms with van der Waals surface area (Å²) in [7, 11) is 0.517. The first-order valence-electron chi connectivity index (χ1n) is 10.6. The van der Waals surface area contributed by atoms with Gasteiger partial charge in [0.1, 0.15) is 6.54 Å². The van der Waals surface area contributed by atoms with Crippen LogP contribution < -0.4 is 23.8 Å². The van der Waals surface area contributed by atoms with Gasteiger partial charge in [0.25, 0.3) is 10.0 Å². The van der Waals surface area contributed by atoms with Crippen LogP contribution in [-0.2, 0) is 21.4 Å². The number of methoxy groups -OCH3 is 3. The quantitative estimate of drug-likeness (QED) is 0.396. The second-order valence-electron chi connectivity index (χ2n) is 7.61. The van der Waals surface area contributed by atoms with E-state index >= 15 is 0 Å². The monoisotopic (exact) mass is 562 g/mol. The van der Waals surface area contributed by atoms with E-state index in [1.807, 2.05) is 6.92 Å². The summed E-state index contributed by atoms with van der Waals surface area (Å²) < 4.78 is 44.8. The van der Waals surface area contributed by atoms with Crippen molar-refractivity contribution in [2.75, 3.05) is 32.2 Å². The van der Waals surface area contributed by atoms with E-state index in [0.29, 0.717) is 33.0 Å². The van der Waals surface area contributed by atoms with E-state index in [9.17, 15) is 13.2 Å². The average molecular weight is 563 g/mol. The minimum Gasteiger partial charge on any atom is -0.493 e. The number of carbonyl (C=O) groups is 1. The molecule has 3 rings (SSSR count). The molecule has 0 spiro atoms. The van der Waals surface area contributed by atoms with E-state index in [1.54, 1.807) is 48.5 Å². The lowest BCUT2D eigenvalue weighted by Crippen LogP contribution is -2.40. The molecule has 0 unspecified atom stereocenters. The minimum absolute atomic E-state index is 0.0977. The van der Waals surface area contributed by atoms with Crippen LogP contribution in [0.4, 0.5) is 5.69 Å². The highest BCUT2D eigenvalue weighted by Crippen LogP contribution is 2.38. The first-order valence-corrected chi connectivity index (χ1v) is 12.8. The Morgan fingerprint density at radius 2 is 1.57 bits per heavy atom. The van der Waals surface area contributed by atoms with Gasteiger partial charge in [-0.15, -0.1) is 0 Å². The number of hydrogen-bond acceptors (Lipinski definition) is 6. The molecule has 0 aromatic heterocycles. The second kappa shape index (κ2) is 11.5. The fourth-order valence-corrected chi connectivity index (χ4v) is 5.21. The molecule has 3 aromatic rings. The molecule has 0 aliphatic heterocycles. The zero-order valence-electron chi connectivity index (χ0n) is 19.9. The van der Waals surface area contributed by atoms with Crippen molar-refractivity contribution >= 4 is 37.5 Å². The van der Waals surface area contributed by atoms with Crippen molar-refractivity contribution < 1.29 is 27.4 Å². The SMILES string of the molecule is COc1cc(CNC(=O)CN(c2cccc(Br)c2)S(=O)(=O)c2ccc(C)cc2)cc(OC)c1OC. The van der Waals surface area contributed by atoms with Gasteiger partial charge >= 0.3 is 0 Å². The molecule has 0 saturated carbocycles. The summed E-state index contributed by atoms with van der Waals surface area (Å²) in [5.41, 5.74) is 1.99. The van der Waals surface area contributed by atoms with Gasteiger partial charge in [-0.2, -0.15) is 0 Å². The standard InChI is InChI=1S/C25H27BrN2O6S/c1-17-8-10-21(11-9-17)35(30,31)28(20-7-5-6-19(26)14-20)16-24(29)27-15-18-12-22(32-2)25(34-4)23(13-18)33-3/h5-14H,15-16H2,1-4H3,(H,27,29). The number of carbonyl (C=O) groups excluding carboxylic acids is 1. The lowest BCUT2D eigenvalue weighted by Gasteiger charge is -2.24. The van der Waals surface area contributed by atoms with Crippen LogP contribution in [0.25, 0.3) is 0 Å². The molecule has 0 aliphatic rings. The number of halogens is 1. The summed E-state index contributed by atoms with van der Waals surface area (Å²) >= 11 is 3.37.